The van der Waals surface area contributed by atoms with Crippen molar-refractivity contribution in [2.24, 2.45) is 0 Å². The van der Waals surface area contributed by atoms with Gasteiger partial charge in [0.25, 0.3) is 0 Å². The van der Waals surface area contributed by atoms with Crippen LogP contribution < -0.4 is 15.4 Å². The van der Waals surface area contributed by atoms with Crippen LogP contribution in [0.15, 0.2) is 24.3 Å². The van der Waals surface area contributed by atoms with E-state index in [0.717, 1.165) is 20.6 Å². The maximum Gasteiger partial charge on any atom is 0.126 e. The summed E-state index contributed by atoms with van der Waals surface area (Å²) in [4.78, 5) is 0. The van der Waals surface area contributed by atoms with Crippen molar-refractivity contribution >= 4 is 13.9 Å². The van der Waals surface area contributed by atoms with Crippen LogP contribution >= 0.6 is 8.58 Å². The Labute approximate surface area is 94.2 Å². The van der Waals surface area contributed by atoms with Crippen molar-refractivity contribution in [1.82, 2.24) is 5.32 Å². The lowest BCUT2D eigenvalue weighted by Crippen LogP contribution is -2.35. The minimum absolute atomic E-state index is 0.189. The van der Waals surface area contributed by atoms with Crippen LogP contribution in [0.4, 0.5) is 0 Å². The summed E-state index contributed by atoms with van der Waals surface area (Å²) in [5.74, 6) is 0.992. The molecule has 3 heteroatoms. The molecule has 1 unspecified atom stereocenters. The van der Waals surface area contributed by atoms with Gasteiger partial charge in [0, 0.05) is 17.1 Å². The summed E-state index contributed by atoms with van der Waals surface area (Å²) in [5.41, 5.74) is 0.189. The van der Waals surface area contributed by atoms with Crippen molar-refractivity contribution in [2.75, 3.05) is 13.4 Å². The average molecular weight is 225 g/mol. The largest absolute Gasteiger partial charge is 0.496 e. The van der Waals surface area contributed by atoms with Gasteiger partial charge in [0.15, 0.2) is 0 Å². The van der Waals surface area contributed by atoms with Crippen LogP contribution in [0.5, 0.6) is 5.75 Å². The maximum absolute atomic E-state index is 5.31. The monoisotopic (exact) mass is 225 g/mol. The molecular formula is C12H20NOP. The molecule has 0 bridgehead atoms. The zero-order valence-electron chi connectivity index (χ0n) is 9.92. The summed E-state index contributed by atoms with van der Waals surface area (Å²) < 4.78 is 5.31. The van der Waals surface area contributed by atoms with Crippen molar-refractivity contribution in [3.05, 3.63) is 24.3 Å². The number of para-hydroxylation sites is 1. The first-order valence-corrected chi connectivity index (χ1v) is 6.35. The Morgan fingerprint density at radius 2 is 1.93 bits per heavy atom. The summed E-state index contributed by atoms with van der Waals surface area (Å²) >= 11 is 0. The predicted molar refractivity (Wildman–Crippen MR) is 68.7 cm³/mol. The smallest absolute Gasteiger partial charge is 0.126 e. The van der Waals surface area contributed by atoms with Crippen molar-refractivity contribution in [2.45, 2.75) is 26.3 Å². The van der Waals surface area contributed by atoms with E-state index < -0.39 is 0 Å². The molecular weight excluding hydrogens is 205 g/mol. The Balaban J connectivity index is 2.50. The van der Waals surface area contributed by atoms with Gasteiger partial charge in [-0.15, -0.1) is 0 Å². The molecule has 2 nitrogen and oxygen atoms in total. The fourth-order valence-electron chi connectivity index (χ4n) is 1.20. The minimum atomic E-state index is 0.189. The topological polar surface area (TPSA) is 21.3 Å². The molecule has 0 amide bonds. The van der Waals surface area contributed by atoms with E-state index in [4.69, 9.17) is 4.74 Å². The number of hydrogen-bond acceptors (Lipinski definition) is 2. The van der Waals surface area contributed by atoms with Crippen LogP contribution in [0.2, 0.25) is 0 Å². The highest BCUT2D eigenvalue weighted by Crippen LogP contribution is 2.18. The van der Waals surface area contributed by atoms with Gasteiger partial charge in [-0.3, -0.25) is 0 Å². The van der Waals surface area contributed by atoms with Gasteiger partial charge in [0.1, 0.15) is 5.75 Å². The van der Waals surface area contributed by atoms with E-state index in [-0.39, 0.29) is 5.54 Å². The predicted octanol–water partition coefficient (Wildman–Crippen LogP) is 2.34. The quantitative estimate of drug-likeness (QED) is 0.794. The number of nitrogens with one attached hydrogen (secondary N) is 1. The molecule has 0 radical (unpaired) electrons. The van der Waals surface area contributed by atoms with Crippen LogP contribution in [0.25, 0.3) is 0 Å². The average Bonchev–Trinajstić information content (AvgIpc) is 2.16. The fourth-order valence-corrected chi connectivity index (χ4v) is 2.58. The van der Waals surface area contributed by atoms with Crippen molar-refractivity contribution < 1.29 is 4.74 Å². The van der Waals surface area contributed by atoms with Gasteiger partial charge in [-0.1, -0.05) is 26.8 Å². The normalized spacial score (nSPS) is 12.3. The van der Waals surface area contributed by atoms with E-state index in [2.05, 4.69) is 38.2 Å². The molecule has 1 aromatic rings. The van der Waals surface area contributed by atoms with Crippen molar-refractivity contribution in [3.8, 4) is 5.75 Å². The standard InChI is InChI=1S/C12H20NOP/c1-12(2,3)13-9-15-11-8-6-5-7-10(11)14-4/h5-8,13,15H,9H2,1-4H3. The maximum atomic E-state index is 5.31. The second-order valence-corrected chi connectivity index (χ2v) is 5.73. The van der Waals surface area contributed by atoms with Gasteiger partial charge in [0.2, 0.25) is 0 Å². The van der Waals surface area contributed by atoms with Gasteiger partial charge in [-0.05, 0) is 26.8 Å². The molecule has 1 atom stereocenters. The molecule has 1 rings (SSSR count). The van der Waals surface area contributed by atoms with Gasteiger partial charge >= 0.3 is 0 Å². The van der Waals surface area contributed by atoms with E-state index in [1.165, 1.54) is 5.30 Å². The first kappa shape index (κ1) is 12.5. The Kier molecular flexibility index (Phi) is 4.56. The molecule has 15 heavy (non-hydrogen) atoms. The van der Waals surface area contributed by atoms with E-state index in [9.17, 15) is 0 Å². The third-order valence-electron chi connectivity index (χ3n) is 2.00. The number of hydrogen-bond donors (Lipinski definition) is 1. The van der Waals surface area contributed by atoms with E-state index >= 15 is 0 Å². The van der Waals surface area contributed by atoms with Crippen LogP contribution in [-0.4, -0.2) is 18.9 Å². The minimum Gasteiger partial charge on any atom is -0.496 e. The number of ether oxygens (including phenoxy) is 1. The highest BCUT2D eigenvalue weighted by atomic mass is 31.1. The lowest BCUT2D eigenvalue weighted by Gasteiger charge is -2.20. The Morgan fingerprint density at radius 1 is 1.27 bits per heavy atom. The molecule has 1 N–H and O–H groups in total. The fraction of sp³-hybridized carbons (Fsp3) is 0.500. The van der Waals surface area contributed by atoms with Gasteiger partial charge in [0.05, 0.1) is 7.11 Å². The molecule has 0 spiro atoms. The molecule has 0 aliphatic heterocycles. The molecule has 0 aliphatic rings. The zero-order valence-corrected chi connectivity index (χ0v) is 10.9. The SMILES string of the molecule is COc1ccccc1PCNC(C)(C)C. The number of benzene rings is 1. The molecule has 0 heterocycles. The third kappa shape index (κ3) is 4.63. The van der Waals surface area contributed by atoms with Gasteiger partial charge in [-0.25, -0.2) is 0 Å². The molecule has 0 aromatic heterocycles. The Bertz CT molecular complexity index is 307. The van der Waals surface area contributed by atoms with E-state index in [0.29, 0.717) is 0 Å². The highest BCUT2D eigenvalue weighted by molar-refractivity contribution is 7.47. The third-order valence-corrected chi connectivity index (χ3v) is 3.15. The molecule has 84 valence electrons. The lowest BCUT2D eigenvalue weighted by molar-refractivity contribution is 0.418. The first-order chi connectivity index (χ1) is 7.03. The molecule has 0 aliphatic carbocycles. The van der Waals surface area contributed by atoms with Crippen LogP contribution in [-0.2, 0) is 0 Å². The second kappa shape index (κ2) is 5.48. The van der Waals surface area contributed by atoms with E-state index in [1.807, 2.05) is 12.1 Å². The Hall–Kier alpha value is -0.590. The van der Waals surface area contributed by atoms with Crippen LogP contribution in [0.1, 0.15) is 20.8 Å². The van der Waals surface area contributed by atoms with Crippen molar-refractivity contribution in [3.63, 3.8) is 0 Å². The molecule has 0 saturated heterocycles. The summed E-state index contributed by atoms with van der Waals surface area (Å²) in [6, 6.07) is 8.20. The number of rotatable bonds is 4. The summed E-state index contributed by atoms with van der Waals surface area (Å²) in [5, 5.41) is 4.77. The Morgan fingerprint density at radius 3 is 2.53 bits per heavy atom. The highest BCUT2D eigenvalue weighted by Gasteiger charge is 2.08. The van der Waals surface area contributed by atoms with Crippen LogP contribution in [0.3, 0.4) is 0 Å². The van der Waals surface area contributed by atoms with Gasteiger partial charge in [-0.2, -0.15) is 0 Å². The second-order valence-electron chi connectivity index (χ2n) is 4.48. The summed E-state index contributed by atoms with van der Waals surface area (Å²) in [6.45, 7) is 6.54. The van der Waals surface area contributed by atoms with Crippen LogP contribution in [0, 0.1) is 0 Å². The summed E-state index contributed by atoms with van der Waals surface area (Å²) in [6.07, 6.45) is 1.00. The van der Waals surface area contributed by atoms with E-state index in [1.54, 1.807) is 7.11 Å². The summed E-state index contributed by atoms with van der Waals surface area (Å²) in [7, 11) is 2.47. The van der Waals surface area contributed by atoms with Gasteiger partial charge < -0.3 is 10.1 Å². The molecule has 0 saturated carbocycles. The lowest BCUT2D eigenvalue weighted by atomic mass is 10.1. The zero-order chi connectivity index (χ0) is 11.3. The molecule has 1 aromatic carbocycles. The molecule has 0 fully saturated rings. The number of methoxy groups -OCH3 is 1. The first-order valence-electron chi connectivity index (χ1n) is 5.15. The van der Waals surface area contributed by atoms with Crippen molar-refractivity contribution in [1.29, 1.82) is 0 Å².